The van der Waals surface area contributed by atoms with E-state index in [1.807, 2.05) is 0 Å². The van der Waals surface area contributed by atoms with Gasteiger partial charge < -0.3 is 34.8 Å². The second kappa shape index (κ2) is 34.5. The summed E-state index contributed by atoms with van der Waals surface area (Å²) in [6.07, 6.45) is 27.2. The number of hydrogen-bond donors (Lipinski definition) is 5. The topological polar surface area (TPSA) is 206 Å². The fourth-order valence-electron chi connectivity index (χ4n) is 6.70. The molecule has 0 spiro atoms. The number of carbonyl (C=O) groups is 3. The van der Waals surface area contributed by atoms with E-state index in [4.69, 9.17) is 19.1 Å². The molecule has 0 aromatic carbocycles. The van der Waals surface area contributed by atoms with Gasteiger partial charge in [-0.3, -0.25) is 23.4 Å². The van der Waals surface area contributed by atoms with Crippen molar-refractivity contribution in [1.29, 1.82) is 0 Å². The number of Topliss-reactive ketones (excluding diaryl/α,β-unsaturated/α-hetero) is 1. The van der Waals surface area contributed by atoms with Crippen LogP contribution >= 0.6 is 7.82 Å². The number of phosphoric acid groups is 1. The van der Waals surface area contributed by atoms with Crippen molar-refractivity contribution in [3.05, 3.63) is 36.5 Å². The molecule has 1 unspecified atom stereocenters. The monoisotopic (exact) mass is 845 g/mol. The van der Waals surface area contributed by atoms with E-state index >= 15 is 0 Å². The molecule has 7 atom stereocenters. The van der Waals surface area contributed by atoms with E-state index in [9.17, 15) is 39.2 Å². The first-order chi connectivity index (χ1) is 27.9. The van der Waals surface area contributed by atoms with Crippen molar-refractivity contribution < 1.29 is 62.8 Å². The number of carbonyl (C=O) groups excluding carboxylic acids is 3. The van der Waals surface area contributed by atoms with Crippen molar-refractivity contribution in [1.82, 2.24) is 0 Å². The lowest BCUT2D eigenvalue weighted by Crippen LogP contribution is -2.29. The molecule has 58 heavy (non-hydrogen) atoms. The Morgan fingerprint density at radius 2 is 1.34 bits per heavy atom. The Bertz CT molecular complexity index is 1220. The largest absolute Gasteiger partial charge is 0.472 e. The molecule has 1 aliphatic rings. The molecular formula is C44H77O13P. The quantitative estimate of drug-likeness (QED) is 0.0132. The molecule has 0 saturated heterocycles. The summed E-state index contributed by atoms with van der Waals surface area (Å²) in [7, 11) is -4.68. The van der Waals surface area contributed by atoms with E-state index in [0.717, 1.165) is 70.6 Å². The third kappa shape index (κ3) is 28.3. The molecule has 1 saturated carbocycles. The van der Waals surface area contributed by atoms with Gasteiger partial charge in [-0.25, -0.2) is 4.57 Å². The van der Waals surface area contributed by atoms with Crippen molar-refractivity contribution in [2.45, 2.75) is 186 Å². The summed E-state index contributed by atoms with van der Waals surface area (Å²) >= 11 is 0. The maximum absolute atomic E-state index is 12.6. The summed E-state index contributed by atoms with van der Waals surface area (Å²) in [6, 6.07) is 0. The van der Waals surface area contributed by atoms with E-state index in [1.165, 1.54) is 25.7 Å². The van der Waals surface area contributed by atoms with E-state index in [0.29, 0.717) is 32.1 Å². The number of aliphatic hydroxyl groups is 4. The van der Waals surface area contributed by atoms with Crippen molar-refractivity contribution >= 4 is 25.5 Å². The molecular weight excluding hydrogens is 767 g/mol. The average Bonchev–Trinajstić information content (AvgIpc) is 3.47. The molecule has 0 aromatic rings. The van der Waals surface area contributed by atoms with E-state index < -0.39 is 70.6 Å². The summed E-state index contributed by atoms with van der Waals surface area (Å²) in [5.74, 6) is -1.68. The first-order valence-corrected chi connectivity index (χ1v) is 23.6. The Morgan fingerprint density at radius 1 is 0.776 bits per heavy atom. The minimum atomic E-state index is -4.68. The zero-order valence-corrected chi connectivity index (χ0v) is 36.4. The minimum Gasteiger partial charge on any atom is -0.462 e. The van der Waals surface area contributed by atoms with Crippen LogP contribution in [0.1, 0.15) is 162 Å². The molecule has 0 heterocycles. The smallest absolute Gasteiger partial charge is 0.462 e. The van der Waals surface area contributed by atoms with Gasteiger partial charge in [0.25, 0.3) is 0 Å². The van der Waals surface area contributed by atoms with Crippen molar-refractivity contribution in [2.75, 3.05) is 26.4 Å². The number of unbranched alkanes of at least 4 members (excludes halogenated alkanes) is 14. The van der Waals surface area contributed by atoms with Crippen molar-refractivity contribution in [3.63, 3.8) is 0 Å². The number of rotatable bonds is 37. The van der Waals surface area contributed by atoms with Gasteiger partial charge >= 0.3 is 19.8 Å². The van der Waals surface area contributed by atoms with Crippen LogP contribution in [0.5, 0.6) is 0 Å². The first-order valence-electron chi connectivity index (χ1n) is 22.1. The summed E-state index contributed by atoms with van der Waals surface area (Å²) < 4.78 is 32.7. The average molecular weight is 845 g/mol. The molecule has 5 N–H and O–H groups in total. The van der Waals surface area contributed by atoms with E-state index in [2.05, 4.69) is 42.7 Å². The first kappa shape index (κ1) is 53.8. The highest BCUT2D eigenvalue weighted by Gasteiger charge is 2.39. The number of ketones is 1. The van der Waals surface area contributed by atoms with Crippen LogP contribution in [-0.4, -0.2) is 93.9 Å². The number of esters is 2. The molecule has 0 aliphatic heterocycles. The molecule has 336 valence electrons. The van der Waals surface area contributed by atoms with Gasteiger partial charge in [0.05, 0.1) is 32.0 Å². The number of hydrogen-bond acceptors (Lipinski definition) is 12. The summed E-state index contributed by atoms with van der Waals surface area (Å²) in [5.41, 5.74) is 0. The van der Waals surface area contributed by atoms with Crippen LogP contribution in [0.2, 0.25) is 0 Å². The molecule has 0 bridgehead atoms. The third-order valence-electron chi connectivity index (χ3n) is 10.2. The molecule has 0 amide bonds. The fraction of sp³-hybridized carbons (Fsp3) is 0.795. The summed E-state index contributed by atoms with van der Waals surface area (Å²) in [5, 5.41) is 39.1. The molecule has 13 nitrogen and oxygen atoms in total. The number of allylic oxidation sites excluding steroid dienone is 4. The standard InChI is InChI=1S/C44H77O13P/c1-3-5-7-8-9-10-11-12-13-14-15-16-17-18-24-28-44(51)57-38(35-56-58(52,53)55-33-37(47)32-45)34-54-43(50)27-23-20-19-22-26-39-40(42(49)31-41(39)48)30-29-36(46)25-21-6-4-2/h10-13,29-30,36-40,42,45-47,49H,3-9,14-28,31-35H2,1-2H3,(H,52,53)/b11-10-,13-12-,30-29+/t36-,37-,38+,39+,40+,42+/m0/s1. The molecule has 1 aliphatic carbocycles. The van der Waals surface area contributed by atoms with Gasteiger partial charge in [0, 0.05) is 31.1 Å². The number of phosphoric ester groups is 1. The van der Waals surface area contributed by atoms with Crippen LogP contribution in [-0.2, 0) is 37.5 Å². The Hall–Kier alpha value is -2.22. The molecule has 1 rings (SSSR count). The lowest BCUT2D eigenvalue weighted by atomic mass is 9.88. The van der Waals surface area contributed by atoms with Crippen LogP contribution in [0, 0.1) is 11.8 Å². The van der Waals surface area contributed by atoms with Crippen molar-refractivity contribution in [3.8, 4) is 0 Å². The third-order valence-corrected chi connectivity index (χ3v) is 11.1. The second-order valence-electron chi connectivity index (χ2n) is 15.5. The maximum Gasteiger partial charge on any atom is 0.472 e. The molecule has 14 heteroatoms. The zero-order valence-electron chi connectivity index (χ0n) is 35.5. The van der Waals surface area contributed by atoms with Crippen LogP contribution in [0.4, 0.5) is 0 Å². The van der Waals surface area contributed by atoms with Crippen LogP contribution in [0.3, 0.4) is 0 Å². The molecule has 1 fully saturated rings. The van der Waals surface area contributed by atoms with Gasteiger partial charge in [0.1, 0.15) is 18.5 Å². The minimum absolute atomic E-state index is 0.0307. The highest BCUT2D eigenvalue weighted by atomic mass is 31.2. The van der Waals surface area contributed by atoms with E-state index in [-0.39, 0.29) is 36.9 Å². The highest BCUT2D eigenvalue weighted by molar-refractivity contribution is 7.47. The Morgan fingerprint density at radius 3 is 2.00 bits per heavy atom. The van der Waals surface area contributed by atoms with Gasteiger partial charge in [0.15, 0.2) is 6.10 Å². The zero-order chi connectivity index (χ0) is 42.9. The maximum atomic E-state index is 12.6. The van der Waals surface area contributed by atoms with Crippen LogP contribution in [0.25, 0.3) is 0 Å². The Kier molecular flexibility index (Phi) is 32.0. The highest BCUT2D eigenvalue weighted by Crippen LogP contribution is 2.43. The number of aliphatic hydroxyl groups excluding tert-OH is 4. The van der Waals surface area contributed by atoms with Gasteiger partial charge in [0.2, 0.25) is 0 Å². The van der Waals surface area contributed by atoms with Crippen molar-refractivity contribution in [2.24, 2.45) is 11.8 Å². The number of ether oxygens (including phenoxy) is 2. The Labute approximate surface area is 348 Å². The van der Waals surface area contributed by atoms with Gasteiger partial charge in [-0.15, -0.1) is 0 Å². The SMILES string of the molecule is CCCCCC/C=C\C=C/CCCCCCCC(=O)O[C@H](COC(=O)CCCCCC[C@H]1C(=O)C[C@@H](O)[C@@H]1/C=C/[C@@H](O)CCCCC)COP(=O)(O)OC[C@@H](O)CO. The van der Waals surface area contributed by atoms with Gasteiger partial charge in [-0.05, 0) is 51.4 Å². The normalized spacial score (nSPS) is 19.9. The summed E-state index contributed by atoms with van der Waals surface area (Å²) in [4.78, 5) is 47.7. The van der Waals surface area contributed by atoms with Gasteiger partial charge in [-0.1, -0.05) is 127 Å². The summed E-state index contributed by atoms with van der Waals surface area (Å²) in [6.45, 7) is 1.96. The Balaban J connectivity index is 2.45. The van der Waals surface area contributed by atoms with Crippen LogP contribution < -0.4 is 0 Å². The lowest BCUT2D eigenvalue weighted by molar-refractivity contribution is -0.161. The molecule has 0 aromatic heterocycles. The van der Waals surface area contributed by atoms with Gasteiger partial charge in [-0.2, -0.15) is 0 Å². The predicted molar refractivity (Wildman–Crippen MR) is 225 cm³/mol. The lowest BCUT2D eigenvalue weighted by Gasteiger charge is -2.20. The van der Waals surface area contributed by atoms with Crippen LogP contribution in [0.15, 0.2) is 36.5 Å². The van der Waals surface area contributed by atoms with E-state index in [1.54, 1.807) is 12.2 Å². The fourth-order valence-corrected chi connectivity index (χ4v) is 7.49. The predicted octanol–water partition coefficient (Wildman–Crippen LogP) is 8.15. The molecule has 0 radical (unpaired) electrons. The second-order valence-corrected chi connectivity index (χ2v) is 17.0.